The highest BCUT2D eigenvalue weighted by atomic mass is 19.1. The van der Waals surface area contributed by atoms with Crippen LogP contribution in [-0.4, -0.2) is 11.7 Å². The molecule has 0 aliphatic heterocycles. The molecule has 3 aromatic carbocycles. The van der Waals surface area contributed by atoms with Crippen LogP contribution >= 0.6 is 0 Å². The van der Waals surface area contributed by atoms with Crippen LogP contribution in [0.4, 0.5) is 4.39 Å². The number of amides is 1. The largest absolute Gasteiger partial charge is 0.457 e. The van der Waals surface area contributed by atoms with E-state index in [0.29, 0.717) is 29.4 Å². The van der Waals surface area contributed by atoms with E-state index in [1.54, 1.807) is 60.7 Å². The Morgan fingerprint density at radius 3 is 2.09 bits per heavy atom. The van der Waals surface area contributed by atoms with Gasteiger partial charge in [-0.2, -0.15) is 0 Å². The molecule has 5 nitrogen and oxygen atoms in total. The number of carbonyl (C=O) groups excluding carboxylic acids is 2. The van der Waals surface area contributed by atoms with E-state index in [4.69, 9.17) is 9.15 Å². The Morgan fingerprint density at radius 2 is 1.47 bits per heavy atom. The van der Waals surface area contributed by atoms with Crippen LogP contribution in [0, 0.1) is 5.82 Å². The third-order valence-corrected chi connectivity index (χ3v) is 4.83. The van der Waals surface area contributed by atoms with Crippen LogP contribution in [0.3, 0.4) is 0 Å². The lowest BCUT2D eigenvalue weighted by Crippen LogP contribution is -2.22. The monoisotopic (exact) mass is 429 g/mol. The average Bonchev–Trinajstić information content (AvgIpc) is 3.30. The first kappa shape index (κ1) is 21.1. The van der Waals surface area contributed by atoms with Crippen LogP contribution in [0.2, 0.25) is 0 Å². The van der Waals surface area contributed by atoms with Gasteiger partial charge in [0.1, 0.15) is 23.1 Å². The molecule has 6 heteroatoms. The number of Topliss-reactive ketones (excluding diaryl/α,β-unsaturated/α-hetero) is 1. The molecule has 0 aliphatic rings. The number of nitrogens with one attached hydrogen (secondary N) is 1. The number of ketones is 1. The fraction of sp³-hybridized carbons (Fsp3) is 0.0769. The smallest absolute Gasteiger partial charge is 0.287 e. The molecule has 0 unspecified atom stereocenters. The summed E-state index contributed by atoms with van der Waals surface area (Å²) in [7, 11) is 0. The van der Waals surface area contributed by atoms with Crippen molar-refractivity contribution in [3.05, 3.63) is 108 Å². The van der Waals surface area contributed by atoms with Gasteiger partial charge in [0.2, 0.25) is 0 Å². The molecule has 1 heterocycles. The predicted molar refractivity (Wildman–Crippen MR) is 118 cm³/mol. The number of carbonyl (C=O) groups is 2. The van der Waals surface area contributed by atoms with E-state index in [1.807, 2.05) is 12.1 Å². The van der Waals surface area contributed by atoms with Crippen molar-refractivity contribution in [1.82, 2.24) is 5.32 Å². The van der Waals surface area contributed by atoms with Gasteiger partial charge in [0.15, 0.2) is 11.5 Å². The highest BCUT2D eigenvalue weighted by Gasteiger charge is 2.12. The molecular formula is C26H20FNO4. The molecule has 0 aliphatic carbocycles. The van der Waals surface area contributed by atoms with Crippen LogP contribution in [-0.2, 0) is 6.54 Å². The Bertz CT molecular complexity index is 1230. The average molecular weight is 429 g/mol. The van der Waals surface area contributed by atoms with Crippen molar-refractivity contribution in [3.8, 4) is 22.8 Å². The van der Waals surface area contributed by atoms with Gasteiger partial charge < -0.3 is 14.5 Å². The van der Waals surface area contributed by atoms with Crippen molar-refractivity contribution in [3.63, 3.8) is 0 Å². The quantitative estimate of drug-likeness (QED) is 0.365. The van der Waals surface area contributed by atoms with Crippen molar-refractivity contribution in [2.75, 3.05) is 0 Å². The summed E-state index contributed by atoms with van der Waals surface area (Å²) >= 11 is 0. The minimum Gasteiger partial charge on any atom is -0.457 e. The highest BCUT2D eigenvalue weighted by Crippen LogP contribution is 2.24. The predicted octanol–water partition coefficient (Wildman–Crippen LogP) is 6.01. The summed E-state index contributed by atoms with van der Waals surface area (Å²) < 4.78 is 24.3. The molecule has 0 bridgehead atoms. The van der Waals surface area contributed by atoms with Crippen molar-refractivity contribution in [2.24, 2.45) is 0 Å². The minimum absolute atomic E-state index is 0.00823. The first-order valence-corrected chi connectivity index (χ1v) is 10.00. The number of benzene rings is 3. The molecule has 0 spiro atoms. The van der Waals surface area contributed by atoms with E-state index >= 15 is 0 Å². The summed E-state index contributed by atoms with van der Waals surface area (Å²) in [5.41, 5.74) is 2.29. The Morgan fingerprint density at radius 1 is 0.844 bits per heavy atom. The van der Waals surface area contributed by atoms with Crippen LogP contribution in [0.1, 0.15) is 33.4 Å². The van der Waals surface area contributed by atoms with E-state index in [9.17, 15) is 14.0 Å². The van der Waals surface area contributed by atoms with Gasteiger partial charge >= 0.3 is 0 Å². The molecule has 0 saturated heterocycles. The molecule has 1 amide bonds. The lowest BCUT2D eigenvalue weighted by molar-refractivity contribution is 0.0923. The summed E-state index contributed by atoms with van der Waals surface area (Å²) in [5.74, 6) is 1.24. The second-order valence-electron chi connectivity index (χ2n) is 7.18. The molecule has 0 atom stereocenters. The lowest BCUT2D eigenvalue weighted by Gasteiger charge is -2.07. The Hall–Kier alpha value is -4.19. The minimum atomic E-state index is -0.330. The molecule has 1 aromatic heterocycles. The zero-order chi connectivity index (χ0) is 22.5. The molecule has 0 radical (unpaired) electrons. The topological polar surface area (TPSA) is 68.5 Å². The Kier molecular flexibility index (Phi) is 6.12. The number of hydrogen-bond donors (Lipinski definition) is 1. The van der Waals surface area contributed by atoms with E-state index in [-0.39, 0.29) is 23.3 Å². The van der Waals surface area contributed by atoms with E-state index in [2.05, 4.69) is 5.32 Å². The maximum absolute atomic E-state index is 13.0. The van der Waals surface area contributed by atoms with Gasteiger partial charge in [-0.3, -0.25) is 9.59 Å². The van der Waals surface area contributed by atoms with Crippen molar-refractivity contribution in [1.29, 1.82) is 0 Å². The summed E-state index contributed by atoms with van der Waals surface area (Å²) in [6, 6.07) is 23.4. The summed E-state index contributed by atoms with van der Waals surface area (Å²) in [6.45, 7) is 1.83. The molecule has 32 heavy (non-hydrogen) atoms. The standard InChI is InChI=1S/C26H20FNO4/c1-17(29)19-4-6-20(7-5-19)24-14-15-25(32-24)26(30)28-16-18-2-10-22(11-3-18)31-23-12-8-21(27)9-13-23/h2-15H,16H2,1H3,(H,28,30). The maximum Gasteiger partial charge on any atom is 0.287 e. The molecule has 160 valence electrons. The number of hydrogen-bond acceptors (Lipinski definition) is 4. The molecule has 4 aromatic rings. The van der Waals surface area contributed by atoms with Crippen LogP contribution in [0.15, 0.2) is 89.3 Å². The highest BCUT2D eigenvalue weighted by molar-refractivity contribution is 5.94. The summed E-state index contributed by atoms with van der Waals surface area (Å²) in [6.07, 6.45) is 0. The summed E-state index contributed by atoms with van der Waals surface area (Å²) in [4.78, 5) is 23.8. The number of furan rings is 1. The number of halogens is 1. The first-order chi connectivity index (χ1) is 15.5. The number of ether oxygens (including phenoxy) is 1. The Balaban J connectivity index is 1.33. The second-order valence-corrected chi connectivity index (χ2v) is 7.18. The van der Waals surface area contributed by atoms with E-state index < -0.39 is 0 Å². The van der Waals surface area contributed by atoms with E-state index in [0.717, 1.165) is 11.1 Å². The van der Waals surface area contributed by atoms with E-state index in [1.165, 1.54) is 19.1 Å². The normalized spacial score (nSPS) is 10.6. The van der Waals surface area contributed by atoms with Gasteiger partial charge in [-0.1, -0.05) is 36.4 Å². The van der Waals surface area contributed by atoms with Gasteiger partial charge in [-0.15, -0.1) is 0 Å². The van der Waals surface area contributed by atoms with Gasteiger partial charge in [-0.05, 0) is 61.0 Å². The zero-order valence-corrected chi connectivity index (χ0v) is 17.3. The van der Waals surface area contributed by atoms with Crippen LogP contribution < -0.4 is 10.1 Å². The summed E-state index contributed by atoms with van der Waals surface area (Å²) in [5, 5.41) is 2.82. The lowest BCUT2D eigenvalue weighted by atomic mass is 10.1. The maximum atomic E-state index is 13.0. The van der Waals surface area contributed by atoms with Gasteiger partial charge in [0.25, 0.3) is 5.91 Å². The fourth-order valence-corrected chi connectivity index (χ4v) is 3.07. The van der Waals surface area contributed by atoms with Crippen LogP contribution in [0.5, 0.6) is 11.5 Å². The van der Waals surface area contributed by atoms with Crippen molar-refractivity contribution < 1.29 is 23.1 Å². The molecular weight excluding hydrogens is 409 g/mol. The molecule has 1 N–H and O–H groups in total. The molecule has 4 rings (SSSR count). The van der Waals surface area contributed by atoms with Gasteiger partial charge in [0.05, 0.1) is 0 Å². The number of rotatable bonds is 7. The Labute approximate surface area is 184 Å². The van der Waals surface area contributed by atoms with Gasteiger partial charge in [0, 0.05) is 17.7 Å². The molecule has 0 saturated carbocycles. The second kappa shape index (κ2) is 9.31. The fourth-order valence-electron chi connectivity index (χ4n) is 3.07. The molecule has 0 fully saturated rings. The first-order valence-electron chi connectivity index (χ1n) is 10.00. The van der Waals surface area contributed by atoms with Crippen molar-refractivity contribution >= 4 is 11.7 Å². The zero-order valence-electron chi connectivity index (χ0n) is 17.3. The SMILES string of the molecule is CC(=O)c1ccc(-c2ccc(C(=O)NCc3ccc(Oc4ccc(F)cc4)cc3)o2)cc1. The third kappa shape index (κ3) is 5.10. The van der Waals surface area contributed by atoms with Crippen LogP contribution in [0.25, 0.3) is 11.3 Å². The van der Waals surface area contributed by atoms with Crippen molar-refractivity contribution in [2.45, 2.75) is 13.5 Å². The third-order valence-electron chi connectivity index (χ3n) is 4.83. The van der Waals surface area contributed by atoms with Gasteiger partial charge in [-0.25, -0.2) is 4.39 Å².